The van der Waals surface area contributed by atoms with Crippen LogP contribution in [0.2, 0.25) is 0 Å². The number of methoxy groups -OCH3 is 1. The normalized spacial score (nSPS) is 10.2. The van der Waals surface area contributed by atoms with E-state index in [1.165, 1.54) is 5.56 Å². The SMILES string of the molecule is COc1cccc(C(=O)CSc2ccccc2C)c1. The van der Waals surface area contributed by atoms with Crippen LogP contribution in [0.3, 0.4) is 0 Å². The summed E-state index contributed by atoms with van der Waals surface area (Å²) in [5, 5.41) is 0. The highest BCUT2D eigenvalue weighted by molar-refractivity contribution is 8.00. The van der Waals surface area contributed by atoms with Gasteiger partial charge in [0.2, 0.25) is 0 Å². The minimum atomic E-state index is 0.118. The number of rotatable bonds is 5. The van der Waals surface area contributed by atoms with E-state index < -0.39 is 0 Å². The van der Waals surface area contributed by atoms with Crippen molar-refractivity contribution in [1.82, 2.24) is 0 Å². The summed E-state index contributed by atoms with van der Waals surface area (Å²) in [6, 6.07) is 15.4. The zero-order valence-corrected chi connectivity index (χ0v) is 11.9. The molecule has 0 heterocycles. The number of benzene rings is 2. The largest absolute Gasteiger partial charge is 0.497 e. The smallest absolute Gasteiger partial charge is 0.173 e. The number of carbonyl (C=O) groups excluding carboxylic acids is 1. The Morgan fingerprint density at radius 3 is 2.68 bits per heavy atom. The Morgan fingerprint density at radius 1 is 1.16 bits per heavy atom. The number of thioether (sulfide) groups is 1. The number of hydrogen-bond donors (Lipinski definition) is 0. The highest BCUT2D eigenvalue weighted by atomic mass is 32.2. The van der Waals surface area contributed by atoms with E-state index in [9.17, 15) is 4.79 Å². The lowest BCUT2D eigenvalue weighted by Gasteiger charge is -2.06. The molecule has 2 aromatic carbocycles. The molecule has 98 valence electrons. The van der Waals surface area contributed by atoms with Crippen LogP contribution < -0.4 is 4.74 Å². The quantitative estimate of drug-likeness (QED) is 0.608. The first-order valence-electron chi connectivity index (χ1n) is 6.06. The monoisotopic (exact) mass is 272 g/mol. The van der Waals surface area contributed by atoms with E-state index in [2.05, 4.69) is 13.0 Å². The minimum Gasteiger partial charge on any atom is -0.497 e. The first kappa shape index (κ1) is 13.7. The van der Waals surface area contributed by atoms with Crippen LogP contribution in [0.1, 0.15) is 15.9 Å². The summed E-state index contributed by atoms with van der Waals surface area (Å²) in [5.74, 6) is 1.27. The first-order chi connectivity index (χ1) is 9.20. The summed E-state index contributed by atoms with van der Waals surface area (Å²) in [6.45, 7) is 2.05. The Hall–Kier alpha value is -1.74. The van der Waals surface area contributed by atoms with Crippen LogP contribution >= 0.6 is 11.8 Å². The van der Waals surface area contributed by atoms with Crippen molar-refractivity contribution in [3.05, 3.63) is 59.7 Å². The van der Waals surface area contributed by atoms with Crippen LogP contribution in [-0.4, -0.2) is 18.6 Å². The molecule has 2 rings (SSSR count). The Balaban J connectivity index is 2.03. The second-order valence-corrected chi connectivity index (χ2v) is 5.23. The van der Waals surface area contributed by atoms with Crippen molar-refractivity contribution in [2.45, 2.75) is 11.8 Å². The summed E-state index contributed by atoms with van der Waals surface area (Å²) < 4.78 is 5.13. The Labute approximate surface area is 117 Å². The number of Topliss-reactive ketones (excluding diaryl/α,β-unsaturated/α-hetero) is 1. The molecule has 0 saturated carbocycles. The Morgan fingerprint density at radius 2 is 1.95 bits per heavy atom. The highest BCUT2D eigenvalue weighted by Crippen LogP contribution is 2.23. The van der Waals surface area contributed by atoms with Gasteiger partial charge in [-0.2, -0.15) is 0 Å². The molecule has 0 N–H and O–H groups in total. The molecule has 0 aromatic heterocycles. The van der Waals surface area contributed by atoms with Crippen LogP contribution in [0, 0.1) is 6.92 Å². The van der Waals surface area contributed by atoms with Crippen molar-refractivity contribution >= 4 is 17.5 Å². The van der Waals surface area contributed by atoms with E-state index >= 15 is 0 Å². The molecular formula is C16H16O2S. The van der Waals surface area contributed by atoms with Gasteiger partial charge in [-0.1, -0.05) is 30.3 Å². The van der Waals surface area contributed by atoms with Crippen LogP contribution in [0.15, 0.2) is 53.4 Å². The molecule has 0 aliphatic rings. The van der Waals surface area contributed by atoms with Crippen LogP contribution in [0.25, 0.3) is 0 Å². The van der Waals surface area contributed by atoms with Gasteiger partial charge in [-0.15, -0.1) is 11.8 Å². The van der Waals surface area contributed by atoms with Gasteiger partial charge in [-0.05, 0) is 30.7 Å². The topological polar surface area (TPSA) is 26.3 Å². The third kappa shape index (κ3) is 3.61. The predicted octanol–water partition coefficient (Wildman–Crippen LogP) is 3.98. The molecule has 0 unspecified atom stereocenters. The Bertz CT molecular complexity index is 578. The molecule has 0 bridgehead atoms. The van der Waals surface area contributed by atoms with E-state index in [1.807, 2.05) is 36.4 Å². The predicted molar refractivity (Wildman–Crippen MR) is 79.2 cm³/mol. The van der Waals surface area contributed by atoms with Crippen LogP contribution in [0.5, 0.6) is 5.75 Å². The number of carbonyl (C=O) groups is 1. The van der Waals surface area contributed by atoms with E-state index in [1.54, 1.807) is 24.9 Å². The van der Waals surface area contributed by atoms with E-state index in [0.29, 0.717) is 17.1 Å². The zero-order chi connectivity index (χ0) is 13.7. The lowest BCUT2D eigenvalue weighted by atomic mass is 10.1. The fraction of sp³-hybridized carbons (Fsp3) is 0.188. The van der Waals surface area contributed by atoms with Gasteiger partial charge in [-0.25, -0.2) is 0 Å². The van der Waals surface area contributed by atoms with Gasteiger partial charge < -0.3 is 4.74 Å². The van der Waals surface area contributed by atoms with Crippen molar-refractivity contribution in [2.24, 2.45) is 0 Å². The molecule has 0 fully saturated rings. The van der Waals surface area contributed by atoms with Crippen molar-refractivity contribution in [3.63, 3.8) is 0 Å². The van der Waals surface area contributed by atoms with Gasteiger partial charge in [0.15, 0.2) is 5.78 Å². The maximum atomic E-state index is 12.1. The van der Waals surface area contributed by atoms with E-state index in [-0.39, 0.29) is 5.78 Å². The lowest BCUT2D eigenvalue weighted by molar-refractivity contribution is 0.102. The molecule has 0 aliphatic carbocycles. The molecule has 3 heteroatoms. The van der Waals surface area contributed by atoms with Crippen LogP contribution in [0.4, 0.5) is 0 Å². The number of ketones is 1. The van der Waals surface area contributed by atoms with Crippen molar-refractivity contribution in [1.29, 1.82) is 0 Å². The fourth-order valence-electron chi connectivity index (χ4n) is 1.74. The lowest BCUT2D eigenvalue weighted by Crippen LogP contribution is -2.02. The molecule has 0 atom stereocenters. The number of aryl methyl sites for hydroxylation is 1. The Kier molecular flexibility index (Phi) is 4.63. The zero-order valence-electron chi connectivity index (χ0n) is 11.1. The average Bonchev–Trinajstić information content (AvgIpc) is 2.46. The second-order valence-electron chi connectivity index (χ2n) is 4.21. The summed E-state index contributed by atoms with van der Waals surface area (Å²) >= 11 is 1.57. The van der Waals surface area contributed by atoms with Gasteiger partial charge in [0, 0.05) is 10.5 Å². The van der Waals surface area contributed by atoms with Crippen molar-refractivity contribution < 1.29 is 9.53 Å². The maximum absolute atomic E-state index is 12.1. The summed E-state index contributed by atoms with van der Waals surface area (Å²) in [6.07, 6.45) is 0. The van der Waals surface area contributed by atoms with Crippen molar-refractivity contribution in [3.8, 4) is 5.75 Å². The van der Waals surface area contributed by atoms with Gasteiger partial charge in [0.25, 0.3) is 0 Å². The molecule has 0 radical (unpaired) electrons. The highest BCUT2D eigenvalue weighted by Gasteiger charge is 2.08. The van der Waals surface area contributed by atoms with Gasteiger partial charge in [0.05, 0.1) is 12.9 Å². The summed E-state index contributed by atoms with van der Waals surface area (Å²) in [5.41, 5.74) is 1.89. The number of hydrogen-bond acceptors (Lipinski definition) is 3. The minimum absolute atomic E-state index is 0.118. The standard InChI is InChI=1S/C16H16O2S/c1-12-6-3-4-9-16(12)19-11-15(17)13-7-5-8-14(10-13)18-2/h3-10H,11H2,1-2H3. The average molecular weight is 272 g/mol. The molecule has 0 saturated heterocycles. The van der Waals surface area contributed by atoms with Crippen LogP contribution in [-0.2, 0) is 0 Å². The van der Waals surface area contributed by atoms with Gasteiger partial charge in [-0.3, -0.25) is 4.79 Å². The molecule has 0 amide bonds. The molecule has 2 aromatic rings. The molecule has 0 spiro atoms. The third-order valence-electron chi connectivity index (χ3n) is 2.84. The van der Waals surface area contributed by atoms with E-state index in [0.717, 1.165) is 4.90 Å². The summed E-state index contributed by atoms with van der Waals surface area (Å²) in [7, 11) is 1.60. The fourth-order valence-corrected chi connectivity index (χ4v) is 2.67. The third-order valence-corrected chi connectivity index (χ3v) is 4.02. The summed E-state index contributed by atoms with van der Waals surface area (Å²) in [4.78, 5) is 13.3. The van der Waals surface area contributed by atoms with Gasteiger partial charge in [0.1, 0.15) is 5.75 Å². The first-order valence-corrected chi connectivity index (χ1v) is 7.05. The second kappa shape index (κ2) is 6.43. The van der Waals surface area contributed by atoms with Crippen molar-refractivity contribution in [2.75, 3.05) is 12.9 Å². The number of ether oxygens (including phenoxy) is 1. The maximum Gasteiger partial charge on any atom is 0.173 e. The molecule has 19 heavy (non-hydrogen) atoms. The van der Waals surface area contributed by atoms with E-state index in [4.69, 9.17) is 4.74 Å². The molecule has 2 nitrogen and oxygen atoms in total. The molecule has 0 aliphatic heterocycles. The van der Waals surface area contributed by atoms with Gasteiger partial charge >= 0.3 is 0 Å². The molecular weight excluding hydrogens is 256 g/mol.